The van der Waals surface area contributed by atoms with Crippen LogP contribution in [0.15, 0.2) is 42.2 Å². The van der Waals surface area contributed by atoms with Crippen LogP contribution in [0, 0.1) is 11.8 Å². The molecule has 2 N–H and O–H groups in total. The van der Waals surface area contributed by atoms with Gasteiger partial charge in [-0.25, -0.2) is 0 Å². The highest BCUT2D eigenvalue weighted by molar-refractivity contribution is 5.91. The fourth-order valence-electron chi connectivity index (χ4n) is 4.13. The molecule has 28 heavy (non-hydrogen) atoms. The van der Waals surface area contributed by atoms with Gasteiger partial charge >= 0.3 is 0 Å². The van der Waals surface area contributed by atoms with Crippen LogP contribution in [-0.4, -0.2) is 30.5 Å². The molecule has 1 amide bonds. The van der Waals surface area contributed by atoms with Crippen molar-refractivity contribution in [2.75, 3.05) is 13.2 Å². The molecule has 5 nitrogen and oxygen atoms in total. The third kappa shape index (κ3) is 6.35. The molecule has 1 aromatic carbocycles. The molecule has 1 heterocycles. The molecule has 2 atom stereocenters. The molecule has 1 fully saturated rings. The number of nitrogens with one attached hydrogen (secondary N) is 1. The van der Waals surface area contributed by atoms with Crippen LogP contribution in [-0.2, 0) is 20.8 Å². The first kappa shape index (κ1) is 20.9. The Balaban J connectivity index is 1.61. The quantitative estimate of drug-likeness (QED) is 0.630. The molecule has 2 aliphatic rings. The van der Waals surface area contributed by atoms with E-state index in [1.54, 1.807) is 0 Å². The van der Waals surface area contributed by atoms with Gasteiger partial charge in [0, 0.05) is 19.6 Å². The summed E-state index contributed by atoms with van der Waals surface area (Å²) in [7, 11) is 0. The largest absolute Gasteiger partial charge is 0.459 e. The first-order valence-corrected chi connectivity index (χ1v) is 10.7. The maximum atomic E-state index is 12.7. The van der Waals surface area contributed by atoms with Crippen LogP contribution in [0.1, 0.15) is 56.9 Å². The van der Waals surface area contributed by atoms with Crippen molar-refractivity contribution >= 4 is 5.91 Å². The lowest BCUT2D eigenvalue weighted by atomic mass is 9.77. The van der Waals surface area contributed by atoms with E-state index in [0.717, 1.165) is 24.8 Å². The number of carbonyl (C=O) groups is 1. The fraction of sp³-hybridized carbons (Fsp3) is 0.609. The number of aliphatic hydroxyl groups is 1. The van der Waals surface area contributed by atoms with Crippen molar-refractivity contribution in [3.63, 3.8) is 0 Å². The number of carbonyl (C=O) groups excluding carboxylic acids is 1. The second kappa shape index (κ2) is 11.2. The zero-order chi connectivity index (χ0) is 19.6. The summed E-state index contributed by atoms with van der Waals surface area (Å²) in [6.07, 6.45) is 10.3. The molecule has 0 saturated heterocycles. The zero-order valence-electron chi connectivity index (χ0n) is 16.6. The SMILES string of the molecule is O=C(NCc1ccccc1)C1=C[C@@H](C2CCCCC2)C[C@@H](OCCCCO)O1. The third-order valence-corrected chi connectivity index (χ3v) is 5.72. The smallest absolute Gasteiger partial charge is 0.286 e. The monoisotopic (exact) mass is 387 g/mol. The van der Waals surface area contributed by atoms with Crippen LogP contribution in [0.4, 0.5) is 0 Å². The molecule has 0 aromatic heterocycles. The number of rotatable bonds is 9. The van der Waals surface area contributed by atoms with E-state index in [9.17, 15) is 4.79 Å². The summed E-state index contributed by atoms with van der Waals surface area (Å²) in [6, 6.07) is 9.88. The molecule has 0 bridgehead atoms. The van der Waals surface area contributed by atoms with Crippen molar-refractivity contribution in [3.8, 4) is 0 Å². The van der Waals surface area contributed by atoms with Gasteiger partial charge < -0.3 is 19.9 Å². The van der Waals surface area contributed by atoms with Crippen LogP contribution >= 0.6 is 0 Å². The first-order chi connectivity index (χ1) is 13.8. The summed E-state index contributed by atoms with van der Waals surface area (Å²) in [4.78, 5) is 12.7. The lowest BCUT2D eigenvalue weighted by molar-refractivity contribution is -0.151. The van der Waals surface area contributed by atoms with Gasteiger partial charge in [0.25, 0.3) is 5.91 Å². The molecule has 1 aromatic rings. The van der Waals surface area contributed by atoms with Gasteiger partial charge in [-0.05, 0) is 49.2 Å². The van der Waals surface area contributed by atoms with Crippen LogP contribution in [0.2, 0.25) is 0 Å². The Morgan fingerprint density at radius 2 is 1.93 bits per heavy atom. The van der Waals surface area contributed by atoms with Gasteiger partial charge in [-0.1, -0.05) is 49.6 Å². The van der Waals surface area contributed by atoms with Gasteiger partial charge in [-0.3, -0.25) is 4.79 Å². The van der Waals surface area contributed by atoms with E-state index in [-0.39, 0.29) is 18.8 Å². The van der Waals surface area contributed by atoms with Crippen molar-refractivity contribution in [1.82, 2.24) is 5.32 Å². The van der Waals surface area contributed by atoms with E-state index in [2.05, 4.69) is 5.32 Å². The van der Waals surface area contributed by atoms with Crippen LogP contribution in [0.25, 0.3) is 0 Å². The summed E-state index contributed by atoms with van der Waals surface area (Å²) in [6.45, 7) is 1.20. The van der Waals surface area contributed by atoms with Crippen LogP contribution in [0.3, 0.4) is 0 Å². The molecule has 1 aliphatic carbocycles. The number of hydrogen-bond donors (Lipinski definition) is 2. The highest BCUT2D eigenvalue weighted by Gasteiger charge is 2.32. The minimum absolute atomic E-state index is 0.173. The number of ether oxygens (including phenoxy) is 2. The van der Waals surface area contributed by atoms with Crippen molar-refractivity contribution in [2.45, 2.75) is 64.2 Å². The van der Waals surface area contributed by atoms with Gasteiger partial charge in [0.05, 0.1) is 6.61 Å². The van der Waals surface area contributed by atoms with Gasteiger partial charge in [0.1, 0.15) is 0 Å². The van der Waals surface area contributed by atoms with Gasteiger partial charge in [-0.2, -0.15) is 0 Å². The summed E-state index contributed by atoms with van der Waals surface area (Å²) >= 11 is 0. The molecule has 0 spiro atoms. The van der Waals surface area contributed by atoms with Gasteiger partial charge in [0.15, 0.2) is 5.76 Å². The summed E-state index contributed by atoms with van der Waals surface area (Å²) in [5.74, 6) is 1.16. The molecule has 3 rings (SSSR count). The minimum Gasteiger partial charge on any atom is -0.459 e. The number of hydrogen-bond acceptors (Lipinski definition) is 4. The Morgan fingerprint density at radius 1 is 1.14 bits per heavy atom. The third-order valence-electron chi connectivity index (χ3n) is 5.72. The molecular weight excluding hydrogens is 354 g/mol. The maximum absolute atomic E-state index is 12.7. The fourth-order valence-corrected chi connectivity index (χ4v) is 4.13. The molecule has 1 aliphatic heterocycles. The van der Waals surface area contributed by atoms with Gasteiger partial charge in [0.2, 0.25) is 6.29 Å². The zero-order valence-corrected chi connectivity index (χ0v) is 16.6. The highest BCUT2D eigenvalue weighted by atomic mass is 16.7. The topological polar surface area (TPSA) is 67.8 Å². The number of aliphatic hydroxyl groups excluding tert-OH is 1. The van der Waals surface area contributed by atoms with Crippen molar-refractivity contribution in [1.29, 1.82) is 0 Å². The van der Waals surface area contributed by atoms with Crippen molar-refractivity contribution in [3.05, 3.63) is 47.7 Å². The van der Waals surface area contributed by atoms with E-state index in [1.807, 2.05) is 36.4 Å². The molecule has 154 valence electrons. The summed E-state index contributed by atoms with van der Waals surface area (Å²) < 4.78 is 11.8. The highest BCUT2D eigenvalue weighted by Crippen LogP contribution is 2.37. The van der Waals surface area contributed by atoms with E-state index in [0.29, 0.717) is 30.7 Å². The van der Waals surface area contributed by atoms with E-state index in [4.69, 9.17) is 14.6 Å². The minimum atomic E-state index is -0.381. The summed E-state index contributed by atoms with van der Waals surface area (Å²) in [5, 5.41) is 11.9. The Labute approximate surface area is 168 Å². The maximum Gasteiger partial charge on any atom is 0.286 e. The molecular formula is C23H33NO4. The first-order valence-electron chi connectivity index (χ1n) is 10.7. The number of amides is 1. The lowest BCUT2D eigenvalue weighted by Crippen LogP contribution is -2.35. The summed E-state index contributed by atoms with van der Waals surface area (Å²) in [5.41, 5.74) is 1.06. The number of allylic oxidation sites excluding steroid dienone is 1. The Kier molecular flexibility index (Phi) is 8.37. The van der Waals surface area contributed by atoms with E-state index < -0.39 is 0 Å². The Morgan fingerprint density at radius 3 is 2.68 bits per heavy atom. The van der Waals surface area contributed by atoms with Crippen molar-refractivity contribution in [2.24, 2.45) is 11.8 Å². The lowest BCUT2D eigenvalue weighted by Gasteiger charge is -2.35. The average molecular weight is 388 g/mol. The van der Waals surface area contributed by atoms with E-state index in [1.165, 1.54) is 32.1 Å². The predicted octanol–water partition coefficient (Wildman–Crippen LogP) is 3.92. The number of unbranched alkanes of at least 4 members (excludes halogenated alkanes) is 1. The molecule has 0 radical (unpaired) electrons. The predicted molar refractivity (Wildman–Crippen MR) is 108 cm³/mol. The molecule has 5 heteroatoms. The average Bonchev–Trinajstić information content (AvgIpc) is 2.76. The Bertz CT molecular complexity index is 625. The normalized spacial score (nSPS) is 23.0. The van der Waals surface area contributed by atoms with Gasteiger partial charge in [-0.15, -0.1) is 0 Å². The number of benzene rings is 1. The van der Waals surface area contributed by atoms with Crippen LogP contribution < -0.4 is 5.32 Å². The molecule has 0 unspecified atom stereocenters. The van der Waals surface area contributed by atoms with Crippen LogP contribution in [0.5, 0.6) is 0 Å². The Hall–Kier alpha value is -1.85. The molecule has 1 saturated carbocycles. The second-order valence-electron chi connectivity index (χ2n) is 7.85. The second-order valence-corrected chi connectivity index (χ2v) is 7.85. The standard InChI is InChI=1S/C23H33NO4/c25-13-7-8-14-27-22-16-20(19-11-5-2-6-12-19)15-21(28-22)23(26)24-17-18-9-3-1-4-10-18/h1,3-4,9-10,15,19-20,22,25H,2,5-8,11-14,16-17H2,(H,24,26)/t20-,22+/m1/s1. The van der Waals surface area contributed by atoms with E-state index >= 15 is 0 Å². The van der Waals surface area contributed by atoms with Crippen molar-refractivity contribution < 1.29 is 19.4 Å².